The minimum Gasteiger partial charge on any atom is -0.295 e. The van der Waals surface area contributed by atoms with Crippen LogP contribution in [-0.4, -0.2) is 23.0 Å². The Morgan fingerprint density at radius 2 is 2.47 bits per heavy atom. The molecule has 0 aliphatic carbocycles. The van der Waals surface area contributed by atoms with Crippen molar-refractivity contribution in [2.45, 2.75) is 31.3 Å². The Balaban J connectivity index is 2.11. The first-order valence-electron chi connectivity index (χ1n) is 5.31. The van der Waals surface area contributed by atoms with Crippen molar-refractivity contribution < 1.29 is 0 Å². The van der Waals surface area contributed by atoms with Crippen LogP contribution in [0.4, 0.5) is 0 Å². The first kappa shape index (κ1) is 10.1. The van der Waals surface area contributed by atoms with Gasteiger partial charge >= 0.3 is 0 Å². The summed E-state index contributed by atoms with van der Waals surface area (Å²) in [5, 5.41) is 8.71. The van der Waals surface area contributed by atoms with E-state index in [1.54, 1.807) is 6.20 Å². The van der Waals surface area contributed by atoms with Crippen LogP contribution in [0.5, 0.6) is 0 Å². The van der Waals surface area contributed by atoms with Gasteiger partial charge in [-0.25, -0.2) is 0 Å². The molecule has 0 aromatic carbocycles. The molecule has 1 saturated heterocycles. The standard InChI is InChI=1S/C12H15N3/c1-15-11(6-7-13)4-5-12(15)10-3-2-8-14-9-10/h2-3,8-9,11-12H,4-6H2,1H3/t11?,12-/m0/s1. The molecule has 0 spiro atoms. The zero-order valence-electron chi connectivity index (χ0n) is 8.93. The van der Waals surface area contributed by atoms with Crippen LogP contribution < -0.4 is 0 Å². The predicted molar refractivity (Wildman–Crippen MR) is 58.0 cm³/mol. The third-order valence-corrected chi connectivity index (χ3v) is 3.24. The molecule has 1 unspecified atom stereocenters. The van der Waals surface area contributed by atoms with E-state index >= 15 is 0 Å². The lowest BCUT2D eigenvalue weighted by Crippen LogP contribution is -2.27. The number of hydrogen-bond donors (Lipinski definition) is 0. The lowest BCUT2D eigenvalue weighted by molar-refractivity contribution is 0.245. The summed E-state index contributed by atoms with van der Waals surface area (Å²) >= 11 is 0. The highest BCUT2D eigenvalue weighted by molar-refractivity contribution is 5.16. The van der Waals surface area contributed by atoms with Gasteiger partial charge in [-0.3, -0.25) is 9.88 Å². The van der Waals surface area contributed by atoms with Crippen molar-refractivity contribution in [3.05, 3.63) is 30.1 Å². The van der Waals surface area contributed by atoms with E-state index in [0.29, 0.717) is 18.5 Å². The minimum atomic E-state index is 0.417. The van der Waals surface area contributed by atoms with Gasteiger partial charge in [0.05, 0.1) is 12.5 Å². The molecular weight excluding hydrogens is 186 g/mol. The van der Waals surface area contributed by atoms with E-state index in [-0.39, 0.29) is 0 Å². The molecule has 2 atom stereocenters. The summed E-state index contributed by atoms with van der Waals surface area (Å²) in [6.45, 7) is 0. The number of likely N-dealkylation sites (tertiary alicyclic amines) is 1. The highest BCUT2D eigenvalue weighted by atomic mass is 15.2. The highest BCUT2D eigenvalue weighted by Gasteiger charge is 2.30. The van der Waals surface area contributed by atoms with Crippen LogP contribution in [0.3, 0.4) is 0 Å². The Labute approximate surface area is 90.4 Å². The van der Waals surface area contributed by atoms with E-state index in [4.69, 9.17) is 5.26 Å². The fourth-order valence-electron chi connectivity index (χ4n) is 2.34. The molecule has 0 bridgehead atoms. The molecule has 0 amide bonds. The van der Waals surface area contributed by atoms with E-state index in [0.717, 1.165) is 12.8 Å². The van der Waals surface area contributed by atoms with Crippen molar-refractivity contribution >= 4 is 0 Å². The average Bonchev–Trinajstić information content (AvgIpc) is 2.63. The maximum Gasteiger partial charge on any atom is 0.0638 e. The molecule has 0 radical (unpaired) electrons. The molecule has 0 saturated carbocycles. The average molecular weight is 201 g/mol. The Kier molecular flexibility index (Phi) is 2.98. The molecule has 78 valence electrons. The van der Waals surface area contributed by atoms with Crippen molar-refractivity contribution in [2.24, 2.45) is 0 Å². The lowest BCUT2D eigenvalue weighted by atomic mass is 10.1. The second kappa shape index (κ2) is 4.41. The topological polar surface area (TPSA) is 39.9 Å². The van der Waals surface area contributed by atoms with Crippen molar-refractivity contribution in [1.82, 2.24) is 9.88 Å². The molecular formula is C12H15N3. The van der Waals surface area contributed by atoms with Crippen molar-refractivity contribution in [1.29, 1.82) is 5.26 Å². The number of nitrogens with zero attached hydrogens (tertiary/aromatic N) is 3. The van der Waals surface area contributed by atoms with Crippen molar-refractivity contribution in [2.75, 3.05) is 7.05 Å². The summed E-state index contributed by atoms with van der Waals surface area (Å²) in [4.78, 5) is 6.45. The fraction of sp³-hybridized carbons (Fsp3) is 0.500. The molecule has 2 rings (SSSR count). The normalized spacial score (nSPS) is 26.4. The van der Waals surface area contributed by atoms with Crippen LogP contribution in [-0.2, 0) is 0 Å². The molecule has 2 heterocycles. The van der Waals surface area contributed by atoms with Crippen LogP contribution in [0.15, 0.2) is 24.5 Å². The zero-order chi connectivity index (χ0) is 10.7. The SMILES string of the molecule is CN1C(CC#N)CC[C@H]1c1cccnc1. The number of rotatable bonds is 2. The van der Waals surface area contributed by atoms with Crippen LogP contribution in [0.1, 0.15) is 30.9 Å². The van der Waals surface area contributed by atoms with Crippen LogP contribution in [0.25, 0.3) is 0 Å². The molecule has 1 fully saturated rings. The molecule has 1 aromatic rings. The fourth-order valence-corrected chi connectivity index (χ4v) is 2.34. The van der Waals surface area contributed by atoms with E-state index in [1.807, 2.05) is 12.3 Å². The van der Waals surface area contributed by atoms with Crippen molar-refractivity contribution in [3.63, 3.8) is 0 Å². The monoisotopic (exact) mass is 201 g/mol. The van der Waals surface area contributed by atoms with E-state index < -0.39 is 0 Å². The summed E-state index contributed by atoms with van der Waals surface area (Å²) in [5.74, 6) is 0. The van der Waals surface area contributed by atoms with Gasteiger partial charge in [-0.15, -0.1) is 0 Å². The van der Waals surface area contributed by atoms with Gasteiger partial charge in [0.1, 0.15) is 0 Å². The molecule has 3 nitrogen and oxygen atoms in total. The largest absolute Gasteiger partial charge is 0.295 e. The number of hydrogen-bond acceptors (Lipinski definition) is 3. The first-order chi connectivity index (χ1) is 7.33. The third-order valence-electron chi connectivity index (χ3n) is 3.24. The second-order valence-corrected chi connectivity index (χ2v) is 4.06. The summed E-state index contributed by atoms with van der Waals surface area (Å²) in [6, 6.07) is 7.20. The van der Waals surface area contributed by atoms with Gasteiger partial charge in [-0.05, 0) is 31.5 Å². The zero-order valence-corrected chi connectivity index (χ0v) is 8.93. The summed E-state index contributed by atoms with van der Waals surface area (Å²) in [5.41, 5.74) is 1.26. The van der Waals surface area contributed by atoms with E-state index in [1.165, 1.54) is 5.56 Å². The van der Waals surface area contributed by atoms with Gasteiger partial charge in [0.25, 0.3) is 0 Å². The second-order valence-electron chi connectivity index (χ2n) is 4.06. The Bertz CT molecular complexity index is 355. The van der Waals surface area contributed by atoms with E-state index in [9.17, 15) is 0 Å². The molecule has 15 heavy (non-hydrogen) atoms. The summed E-state index contributed by atoms with van der Waals surface area (Å²) < 4.78 is 0. The minimum absolute atomic E-state index is 0.417. The van der Waals surface area contributed by atoms with Gasteiger partial charge in [-0.1, -0.05) is 6.07 Å². The molecule has 1 aliphatic rings. The number of aromatic nitrogens is 1. The lowest BCUT2D eigenvalue weighted by Gasteiger charge is -2.24. The maximum atomic E-state index is 8.71. The summed E-state index contributed by atoms with van der Waals surface area (Å²) in [6.07, 6.45) is 6.60. The van der Waals surface area contributed by atoms with Crippen LogP contribution in [0, 0.1) is 11.3 Å². The van der Waals surface area contributed by atoms with Gasteiger partial charge < -0.3 is 0 Å². The van der Waals surface area contributed by atoms with Gasteiger partial charge in [0.15, 0.2) is 0 Å². The summed E-state index contributed by atoms with van der Waals surface area (Å²) in [7, 11) is 2.10. The molecule has 1 aromatic heterocycles. The predicted octanol–water partition coefficient (Wildman–Crippen LogP) is 2.13. The molecule has 0 N–H and O–H groups in total. The first-order valence-corrected chi connectivity index (χ1v) is 5.31. The quantitative estimate of drug-likeness (QED) is 0.736. The van der Waals surface area contributed by atoms with Crippen molar-refractivity contribution in [3.8, 4) is 6.07 Å². The Hall–Kier alpha value is -1.40. The molecule has 1 aliphatic heterocycles. The Morgan fingerprint density at radius 1 is 1.60 bits per heavy atom. The highest BCUT2D eigenvalue weighted by Crippen LogP contribution is 2.35. The van der Waals surface area contributed by atoms with Gasteiger partial charge in [0.2, 0.25) is 0 Å². The third kappa shape index (κ3) is 2.00. The Morgan fingerprint density at radius 3 is 3.13 bits per heavy atom. The molecule has 3 heteroatoms. The number of nitriles is 1. The maximum absolute atomic E-state index is 8.71. The van der Waals surface area contributed by atoms with E-state index in [2.05, 4.69) is 29.1 Å². The van der Waals surface area contributed by atoms with Crippen LogP contribution >= 0.6 is 0 Å². The van der Waals surface area contributed by atoms with Crippen LogP contribution in [0.2, 0.25) is 0 Å². The number of pyridine rings is 1. The van der Waals surface area contributed by atoms with Gasteiger partial charge in [0, 0.05) is 24.5 Å². The van der Waals surface area contributed by atoms with Gasteiger partial charge in [-0.2, -0.15) is 5.26 Å². The smallest absolute Gasteiger partial charge is 0.0638 e.